The molecule has 0 aliphatic carbocycles. The van der Waals surface area contributed by atoms with Crippen molar-refractivity contribution in [3.05, 3.63) is 45.1 Å². The zero-order valence-electron chi connectivity index (χ0n) is 16.9. The summed E-state index contributed by atoms with van der Waals surface area (Å²) in [5.41, 5.74) is -1.22. The summed E-state index contributed by atoms with van der Waals surface area (Å²) in [6, 6.07) is 6.61. The highest BCUT2D eigenvalue weighted by Gasteiger charge is 2.26. The Morgan fingerprint density at radius 3 is 2.48 bits per heavy atom. The molecule has 9 heteroatoms. The number of benzene rings is 1. The van der Waals surface area contributed by atoms with E-state index in [1.54, 1.807) is 49.9 Å². The number of hydrogen-bond acceptors (Lipinski definition) is 5. The predicted molar refractivity (Wildman–Crippen MR) is 108 cm³/mol. The van der Waals surface area contributed by atoms with Gasteiger partial charge in [-0.05, 0) is 45.7 Å². The van der Waals surface area contributed by atoms with E-state index in [1.807, 2.05) is 0 Å². The van der Waals surface area contributed by atoms with Crippen LogP contribution in [0.2, 0.25) is 0 Å². The quantitative estimate of drug-likeness (QED) is 0.801. The number of piperidine rings is 1. The first kappa shape index (κ1) is 20.6. The molecule has 0 atom stereocenters. The van der Waals surface area contributed by atoms with Gasteiger partial charge in [0.25, 0.3) is 5.56 Å². The summed E-state index contributed by atoms with van der Waals surface area (Å²) >= 11 is 0. The first-order valence-corrected chi connectivity index (χ1v) is 9.63. The van der Waals surface area contributed by atoms with Crippen LogP contribution < -0.4 is 16.6 Å². The smallest absolute Gasteiger partial charge is 0.407 e. The van der Waals surface area contributed by atoms with E-state index in [0.29, 0.717) is 36.8 Å². The van der Waals surface area contributed by atoms with E-state index >= 15 is 0 Å². The van der Waals surface area contributed by atoms with Gasteiger partial charge in [0, 0.05) is 19.1 Å². The molecule has 29 heavy (non-hydrogen) atoms. The van der Waals surface area contributed by atoms with Crippen molar-refractivity contribution in [3.8, 4) is 0 Å². The molecule has 0 unspecified atom stereocenters. The Labute approximate surface area is 167 Å². The molecule has 2 heterocycles. The predicted octanol–water partition coefficient (Wildman–Crippen LogP) is 1.21. The molecule has 1 aliphatic rings. The van der Waals surface area contributed by atoms with Crippen molar-refractivity contribution in [2.75, 3.05) is 13.1 Å². The summed E-state index contributed by atoms with van der Waals surface area (Å²) in [5.74, 6) is -0.302. The summed E-state index contributed by atoms with van der Waals surface area (Å²) in [6.45, 7) is 5.93. The molecule has 2 amide bonds. The lowest BCUT2D eigenvalue weighted by atomic mass is 10.1. The number of amides is 2. The van der Waals surface area contributed by atoms with Crippen LogP contribution in [-0.4, -0.2) is 51.2 Å². The van der Waals surface area contributed by atoms with Crippen LogP contribution in [0.3, 0.4) is 0 Å². The van der Waals surface area contributed by atoms with E-state index in [2.05, 4.69) is 10.3 Å². The summed E-state index contributed by atoms with van der Waals surface area (Å²) < 4.78 is 6.17. The second-order valence-electron chi connectivity index (χ2n) is 8.17. The van der Waals surface area contributed by atoms with E-state index in [9.17, 15) is 19.2 Å². The number of fused-ring (bicyclic) bond motifs is 1. The van der Waals surface area contributed by atoms with Crippen molar-refractivity contribution in [3.63, 3.8) is 0 Å². The van der Waals surface area contributed by atoms with E-state index in [4.69, 9.17) is 4.74 Å². The van der Waals surface area contributed by atoms with Gasteiger partial charge in [-0.15, -0.1) is 0 Å². The largest absolute Gasteiger partial charge is 0.444 e. The number of aromatic nitrogens is 2. The molecule has 0 radical (unpaired) electrons. The lowest BCUT2D eigenvalue weighted by Crippen LogP contribution is -2.49. The summed E-state index contributed by atoms with van der Waals surface area (Å²) in [7, 11) is 0. The molecular weight excluding hydrogens is 376 g/mol. The van der Waals surface area contributed by atoms with E-state index in [-0.39, 0.29) is 18.5 Å². The average molecular weight is 402 g/mol. The van der Waals surface area contributed by atoms with Crippen LogP contribution in [0, 0.1) is 0 Å². The molecule has 3 rings (SSSR count). The van der Waals surface area contributed by atoms with Crippen LogP contribution in [-0.2, 0) is 16.1 Å². The highest BCUT2D eigenvalue weighted by Crippen LogP contribution is 2.13. The molecule has 0 spiro atoms. The molecule has 1 saturated heterocycles. The molecule has 156 valence electrons. The van der Waals surface area contributed by atoms with E-state index in [1.165, 1.54) is 0 Å². The van der Waals surface area contributed by atoms with Crippen molar-refractivity contribution in [1.29, 1.82) is 0 Å². The number of alkyl carbamates (subject to hydrolysis) is 1. The van der Waals surface area contributed by atoms with Crippen LogP contribution in [0.5, 0.6) is 0 Å². The van der Waals surface area contributed by atoms with Crippen molar-refractivity contribution in [1.82, 2.24) is 19.8 Å². The monoisotopic (exact) mass is 402 g/mol. The van der Waals surface area contributed by atoms with Gasteiger partial charge in [-0.3, -0.25) is 14.2 Å². The number of likely N-dealkylation sites (tertiary alicyclic amines) is 1. The fourth-order valence-corrected chi connectivity index (χ4v) is 3.33. The lowest BCUT2D eigenvalue weighted by Gasteiger charge is -2.33. The Hall–Kier alpha value is -3.10. The van der Waals surface area contributed by atoms with Gasteiger partial charge in [0.2, 0.25) is 5.91 Å². The van der Waals surface area contributed by atoms with Gasteiger partial charge in [0.1, 0.15) is 12.1 Å². The number of aromatic amines is 1. The molecule has 0 bridgehead atoms. The summed E-state index contributed by atoms with van der Waals surface area (Å²) in [6.07, 6.45) is 0.679. The average Bonchev–Trinajstić information content (AvgIpc) is 2.64. The van der Waals surface area contributed by atoms with E-state index in [0.717, 1.165) is 4.57 Å². The summed E-state index contributed by atoms with van der Waals surface area (Å²) in [5, 5.41) is 3.17. The number of H-pyrrole nitrogens is 1. The number of carbonyl (C=O) groups excluding carboxylic acids is 2. The number of nitrogens with one attached hydrogen (secondary N) is 2. The van der Waals surface area contributed by atoms with Crippen LogP contribution in [0.15, 0.2) is 33.9 Å². The van der Waals surface area contributed by atoms with Gasteiger partial charge in [-0.25, -0.2) is 9.59 Å². The van der Waals surface area contributed by atoms with Crippen molar-refractivity contribution in [2.24, 2.45) is 0 Å². The highest BCUT2D eigenvalue weighted by molar-refractivity contribution is 5.79. The van der Waals surface area contributed by atoms with Crippen LogP contribution >= 0.6 is 0 Å². The minimum absolute atomic E-state index is 0.0827. The highest BCUT2D eigenvalue weighted by atomic mass is 16.6. The van der Waals surface area contributed by atoms with Crippen LogP contribution in [0.4, 0.5) is 4.79 Å². The van der Waals surface area contributed by atoms with Crippen molar-refractivity contribution < 1.29 is 14.3 Å². The topological polar surface area (TPSA) is 114 Å². The standard InChI is InChI=1S/C20H26N4O5/c1-20(2,3)29-19(28)21-13-8-10-23(11-9-13)16(25)12-24-17(26)14-6-4-5-7-15(14)22-18(24)27/h4-7,13H,8-12H2,1-3H3,(H,21,28)(H,22,27). The first-order valence-electron chi connectivity index (χ1n) is 9.63. The second kappa shape index (κ2) is 8.10. The molecule has 2 aromatic rings. The van der Waals surface area contributed by atoms with Gasteiger partial charge in [0.15, 0.2) is 0 Å². The van der Waals surface area contributed by atoms with Crippen molar-refractivity contribution >= 4 is 22.9 Å². The Morgan fingerprint density at radius 2 is 1.83 bits per heavy atom. The Bertz CT molecular complexity index is 1030. The fraction of sp³-hybridized carbons (Fsp3) is 0.500. The number of hydrogen-bond donors (Lipinski definition) is 2. The minimum atomic E-state index is -0.608. The minimum Gasteiger partial charge on any atom is -0.444 e. The Balaban J connectivity index is 1.61. The maximum Gasteiger partial charge on any atom is 0.407 e. The molecule has 1 aromatic carbocycles. The third-order valence-electron chi connectivity index (χ3n) is 4.75. The lowest BCUT2D eigenvalue weighted by molar-refractivity contribution is -0.133. The number of carbonyl (C=O) groups is 2. The normalized spacial score (nSPS) is 15.3. The number of nitrogens with zero attached hydrogens (tertiary/aromatic N) is 2. The van der Waals surface area contributed by atoms with Crippen molar-refractivity contribution in [2.45, 2.75) is 51.8 Å². The summed E-state index contributed by atoms with van der Waals surface area (Å²) in [4.78, 5) is 53.5. The molecule has 2 N–H and O–H groups in total. The van der Waals surface area contributed by atoms with Crippen LogP contribution in [0.25, 0.3) is 10.9 Å². The molecule has 0 saturated carbocycles. The Morgan fingerprint density at radius 1 is 1.17 bits per heavy atom. The van der Waals surface area contributed by atoms with Gasteiger partial charge in [-0.2, -0.15) is 0 Å². The maximum absolute atomic E-state index is 12.6. The zero-order valence-corrected chi connectivity index (χ0v) is 16.9. The fourth-order valence-electron chi connectivity index (χ4n) is 3.33. The first-order chi connectivity index (χ1) is 13.6. The second-order valence-corrected chi connectivity index (χ2v) is 8.17. The molecular formula is C20H26N4O5. The third kappa shape index (κ3) is 5.04. The molecule has 9 nitrogen and oxygen atoms in total. The van der Waals surface area contributed by atoms with Crippen LogP contribution in [0.1, 0.15) is 33.6 Å². The third-order valence-corrected chi connectivity index (χ3v) is 4.75. The van der Waals surface area contributed by atoms with Gasteiger partial charge < -0.3 is 19.9 Å². The molecule has 1 aliphatic heterocycles. The number of ether oxygens (including phenoxy) is 1. The molecule has 1 aromatic heterocycles. The van der Waals surface area contributed by atoms with E-state index < -0.39 is 22.9 Å². The SMILES string of the molecule is CC(C)(C)OC(=O)NC1CCN(C(=O)Cn2c(=O)[nH]c3ccccc3c2=O)CC1. The zero-order chi connectivity index (χ0) is 21.2. The number of rotatable bonds is 3. The molecule has 1 fully saturated rings. The number of para-hydroxylation sites is 1. The maximum atomic E-state index is 12.6. The van der Waals surface area contributed by atoms with Gasteiger partial charge in [-0.1, -0.05) is 12.1 Å². The van der Waals surface area contributed by atoms with Gasteiger partial charge >= 0.3 is 11.8 Å². The Kier molecular flexibility index (Phi) is 5.76. The van der Waals surface area contributed by atoms with Gasteiger partial charge in [0.05, 0.1) is 10.9 Å².